The summed E-state index contributed by atoms with van der Waals surface area (Å²) in [5.41, 5.74) is 0. The number of amides is 2. The Hall–Kier alpha value is -1.06. The first-order valence-electron chi connectivity index (χ1n) is 9.23. The van der Waals surface area contributed by atoms with Gasteiger partial charge in [0.2, 0.25) is 11.8 Å². The fourth-order valence-corrected chi connectivity index (χ4v) is 3.23. The lowest BCUT2D eigenvalue weighted by molar-refractivity contribution is -0.141. The van der Waals surface area contributed by atoms with Crippen LogP contribution in [0.2, 0.25) is 0 Å². The monoisotopic (exact) mass is 310 g/mol. The van der Waals surface area contributed by atoms with Crippen LogP contribution in [0, 0.1) is 0 Å². The first-order chi connectivity index (χ1) is 10.6. The minimum atomic E-state index is -0.299. The SMILES string of the molecule is CCCCN(C(=O)CCC)C(CC)C(=O)NC1CCCCC1. The fraction of sp³-hybridized carbons (Fsp3) is 0.889. The molecular formula is C18H34N2O2. The maximum atomic E-state index is 12.7. The van der Waals surface area contributed by atoms with Crippen LogP contribution in [-0.4, -0.2) is 35.3 Å². The Bertz CT molecular complexity index is 338. The molecule has 4 heteroatoms. The van der Waals surface area contributed by atoms with Gasteiger partial charge in [0.1, 0.15) is 6.04 Å². The van der Waals surface area contributed by atoms with Gasteiger partial charge < -0.3 is 10.2 Å². The van der Waals surface area contributed by atoms with Crippen LogP contribution < -0.4 is 5.32 Å². The fourth-order valence-electron chi connectivity index (χ4n) is 3.23. The average Bonchev–Trinajstić information content (AvgIpc) is 2.52. The van der Waals surface area contributed by atoms with Crippen molar-refractivity contribution in [2.75, 3.05) is 6.54 Å². The zero-order valence-corrected chi connectivity index (χ0v) is 14.7. The van der Waals surface area contributed by atoms with E-state index in [0.29, 0.717) is 25.4 Å². The lowest BCUT2D eigenvalue weighted by atomic mass is 9.95. The predicted octanol–water partition coefficient (Wildman–Crippen LogP) is 3.64. The Morgan fingerprint density at radius 2 is 1.77 bits per heavy atom. The Morgan fingerprint density at radius 3 is 2.32 bits per heavy atom. The molecule has 22 heavy (non-hydrogen) atoms. The molecule has 1 saturated carbocycles. The first-order valence-corrected chi connectivity index (χ1v) is 9.23. The van der Waals surface area contributed by atoms with E-state index >= 15 is 0 Å². The smallest absolute Gasteiger partial charge is 0.243 e. The third-order valence-electron chi connectivity index (χ3n) is 4.55. The number of carbonyl (C=O) groups is 2. The minimum Gasteiger partial charge on any atom is -0.352 e. The van der Waals surface area contributed by atoms with E-state index in [1.165, 1.54) is 19.3 Å². The van der Waals surface area contributed by atoms with Crippen LogP contribution in [0.15, 0.2) is 0 Å². The van der Waals surface area contributed by atoms with E-state index in [0.717, 1.165) is 32.1 Å². The summed E-state index contributed by atoms with van der Waals surface area (Å²) in [7, 11) is 0. The van der Waals surface area contributed by atoms with Crippen molar-refractivity contribution in [3.63, 3.8) is 0 Å². The Balaban J connectivity index is 2.68. The van der Waals surface area contributed by atoms with Gasteiger partial charge in [-0.05, 0) is 32.1 Å². The predicted molar refractivity (Wildman–Crippen MR) is 90.6 cm³/mol. The topological polar surface area (TPSA) is 49.4 Å². The number of nitrogens with one attached hydrogen (secondary N) is 1. The Kier molecular flexibility index (Phi) is 9.17. The summed E-state index contributed by atoms with van der Waals surface area (Å²) in [5.74, 6) is 0.177. The minimum absolute atomic E-state index is 0.0509. The van der Waals surface area contributed by atoms with Crippen molar-refractivity contribution in [3.05, 3.63) is 0 Å². The van der Waals surface area contributed by atoms with Gasteiger partial charge >= 0.3 is 0 Å². The Morgan fingerprint density at radius 1 is 1.09 bits per heavy atom. The summed E-state index contributed by atoms with van der Waals surface area (Å²) in [6.45, 7) is 6.83. The number of carbonyl (C=O) groups excluding carboxylic acids is 2. The molecule has 1 N–H and O–H groups in total. The second-order valence-corrected chi connectivity index (χ2v) is 6.46. The van der Waals surface area contributed by atoms with Gasteiger partial charge in [-0.1, -0.05) is 46.5 Å². The standard InChI is InChI=1S/C18H34N2O2/c1-4-7-14-20(17(21)11-5-2)16(6-3)18(22)19-15-12-9-8-10-13-15/h15-16H,4-14H2,1-3H3,(H,19,22). The number of hydrogen-bond acceptors (Lipinski definition) is 2. The van der Waals surface area contributed by atoms with E-state index in [2.05, 4.69) is 12.2 Å². The highest BCUT2D eigenvalue weighted by molar-refractivity contribution is 5.87. The molecule has 2 amide bonds. The Labute approximate surface area is 136 Å². The van der Waals surface area contributed by atoms with Crippen molar-refractivity contribution in [1.29, 1.82) is 0 Å². The van der Waals surface area contributed by atoms with E-state index in [1.807, 2.05) is 18.7 Å². The van der Waals surface area contributed by atoms with E-state index in [1.54, 1.807) is 0 Å². The molecule has 0 aromatic carbocycles. The summed E-state index contributed by atoms with van der Waals surface area (Å²) in [6, 6.07) is 0.0112. The molecule has 1 unspecified atom stereocenters. The third kappa shape index (κ3) is 5.98. The van der Waals surface area contributed by atoms with E-state index < -0.39 is 0 Å². The first kappa shape index (κ1) is 19.0. The van der Waals surface area contributed by atoms with Crippen LogP contribution in [-0.2, 0) is 9.59 Å². The van der Waals surface area contributed by atoms with E-state index in [9.17, 15) is 9.59 Å². The molecule has 0 saturated heterocycles. The van der Waals surface area contributed by atoms with Crippen LogP contribution >= 0.6 is 0 Å². The van der Waals surface area contributed by atoms with Gasteiger partial charge in [-0.3, -0.25) is 9.59 Å². The summed E-state index contributed by atoms with van der Waals surface area (Å²) in [6.07, 6.45) is 9.92. The van der Waals surface area contributed by atoms with Gasteiger partial charge in [0.25, 0.3) is 0 Å². The van der Waals surface area contributed by atoms with Gasteiger partial charge in [0, 0.05) is 19.0 Å². The summed E-state index contributed by atoms with van der Waals surface area (Å²) in [4.78, 5) is 26.9. The van der Waals surface area contributed by atoms with Gasteiger partial charge in [-0.25, -0.2) is 0 Å². The molecule has 0 radical (unpaired) electrons. The second-order valence-electron chi connectivity index (χ2n) is 6.46. The van der Waals surface area contributed by atoms with Crippen LogP contribution in [0.1, 0.15) is 85.0 Å². The quantitative estimate of drug-likeness (QED) is 0.707. The molecule has 0 aromatic rings. The highest BCUT2D eigenvalue weighted by atomic mass is 16.2. The number of hydrogen-bond donors (Lipinski definition) is 1. The van der Waals surface area contributed by atoms with Crippen LogP contribution in [0.25, 0.3) is 0 Å². The summed E-state index contributed by atoms with van der Waals surface area (Å²) >= 11 is 0. The maximum absolute atomic E-state index is 12.7. The highest BCUT2D eigenvalue weighted by Crippen LogP contribution is 2.18. The molecule has 0 aromatic heterocycles. The van der Waals surface area contributed by atoms with Gasteiger partial charge in [-0.2, -0.15) is 0 Å². The highest BCUT2D eigenvalue weighted by Gasteiger charge is 2.29. The molecule has 1 fully saturated rings. The summed E-state index contributed by atoms with van der Waals surface area (Å²) < 4.78 is 0. The molecule has 128 valence electrons. The van der Waals surface area contributed by atoms with Gasteiger partial charge in [0.05, 0.1) is 0 Å². The van der Waals surface area contributed by atoms with Gasteiger partial charge in [0.15, 0.2) is 0 Å². The number of rotatable bonds is 9. The van der Waals surface area contributed by atoms with Crippen molar-refractivity contribution in [3.8, 4) is 0 Å². The lowest BCUT2D eigenvalue weighted by Gasteiger charge is -2.32. The molecule has 1 atom stereocenters. The van der Waals surface area contributed by atoms with Gasteiger partial charge in [-0.15, -0.1) is 0 Å². The van der Waals surface area contributed by atoms with Crippen molar-refractivity contribution < 1.29 is 9.59 Å². The largest absolute Gasteiger partial charge is 0.352 e. The van der Waals surface area contributed by atoms with Crippen molar-refractivity contribution >= 4 is 11.8 Å². The molecule has 0 bridgehead atoms. The normalized spacial score (nSPS) is 17.0. The molecule has 0 aliphatic heterocycles. The summed E-state index contributed by atoms with van der Waals surface area (Å²) in [5, 5.41) is 3.19. The number of nitrogens with zero attached hydrogens (tertiary/aromatic N) is 1. The molecule has 0 spiro atoms. The van der Waals surface area contributed by atoms with Crippen LogP contribution in [0.3, 0.4) is 0 Å². The van der Waals surface area contributed by atoms with Crippen molar-refractivity contribution in [2.45, 2.75) is 97.1 Å². The third-order valence-corrected chi connectivity index (χ3v) is 4.55. The number of unbranched alkanes of at least 4 members (excludes halogenated alkanes) is 1. The molecule has 0 heterocycles. The zero-order valence-electron chi connectivity index (χ0n) is 14.7. The second kappa shape index (κ2) is 10.6. The zero-order chi connectivity index (χ0) is 16.4. The molecule has 1 rings (SSSR count). The molecular weight excluding hydrogens is 276 g/mol. The van der Waals surface area contributed by atoms with Crippen molar-refractivity contribution in [2.24, 2.45) is 0 Å². The maximum Gasteiger partial charge on any atom is 0.243 e. The molecule has 1 aliphatic carbocycles. The van der Waals surface area contributed by atoms with E-state index in [4.69, 9.17) is 0 Å². The lowest BCUT2D eigenvalue weighted by Crippen LogP contribution is -2.52. The molecule has 4 nitrogen and oxygen atoms in total. The van der Waals surface area contributed by atoms with E-state index in [-0.39, 0.29) is 17.9 Å². The molecule has 1 aliphatic rings. The van der Waals surface area contributed by atoms with Crippen LogP contribution in [0.4, 0.5) is 0 Å². The van der Waals surface area contributed by atoms with Crippen molar-refractivity contribution in [1.82, 2.24) is 10.2 Å². The van der Waals surface area contributed by atoms with Crippen LogP contribution in [0.5, 0.6) is 0 Å². The average molecular weight is 310 g/mol.